The van der Waals surface area contributed by atoms with Crippen LogP contribution in [0.2, 0.25) is 0 Å². The number of ether oxygens (including phenoxy) is 2. The summed E-state index contributed by atoms with van der Waals surface area (Å²) in [5.41, 5.74) is -2.85. The van der Waals surface area contributed by atoms with Crippen molar-refractivity contribution in [2.75, 3.05) is 7.11 Å². The summed E-state index contributed by atoms with van der Waals surface area (Å²) >= 11 is 0. The Hall–Kier alpha value is -1.73. The van der Waals surface area contributed by atoms with Gasteiger partial charge in [-0.05, 0) is 6.92 Å². The molecule has 2 aliphatic rings. The first-order valence-electron chi connectivity index (χ1n) is 5.31. The molecule has 18 heavy (non-hydrogen) atoms. The van der Waals surface area contributed by atoms with E-state index < -0.39 is 40.8 Å². The lowest BCUT2D eigenvalue weighted by Crippen LogP contribution is -2.51. The van der Waals surface area contributed by atoms with Crippen molar-refractivity contribution < 1.29 is 29.3 Å². The van der Waals surface area contributed by atoms with Crippen molar-refractivity contribution in [3.8, 4) is 0 Å². The van der Waals surface area contributed by atoms with E-state index in [0.717, 1.165) is 7.11 Å². The molecule has 1 fully saturated rings. The molecule has 7 heteroatoms. The monoisotopic (exact) mass is 255 g/mol. The van der Waals surface area contributed by atoms with Gasteiger partial charge in [-0.3, -0.25) is 4.79 Å². The minimum atomic E-state index is -1.88. The molecular formula is C11H13NO6. The van der Waals surface area contributed by atoms with Gasteiger partial charge in [-0.15, -0.1) is 0 Å². The number of nitrogens with one attached hydrogen (secondary N) is 1. The summed E-state index contributed by atoms with van der Waals surface area (Å²) in [6, 6.07) is 0. The lowest BCUT2D eigenvalue weighted by molar-refractivity contribution is -0.136. The lowest BCUT2D eigenvalue weighted by Gasteiger charge is -2.29. The standard InChI is InChI=1S/C11H13NO6/c1-4(13)3-11(16)8(12)5(10(15)17-2)6(14)7-9(11)18-7/h7,9,12,14,16H,3H2,1-2H3/t7-,9-,11-/m1/s1. The minimum Gasteiger partial charge on any atom is -0.508 e. The molecule has 0 aromatic carbocycles. The Balaban J connectivity index is 2.43. The van der Waals surface area contributed by atoms with Crippen LogP contribution in [0.15, 0.2) is 11.3 Å². The van der Waals surface area contributed by atoms with E-state index in [9.17, 15) is 19.8 Å². The summed E-state index contributed by atoms with van der Waals surface area (Å²) in [6.45, 7) is 1.26. The van der Waals surface area contributed by atoms with Crippen LogP contribution < -0.4 is 0 Å². The molecule has 0 radical (unpaired) electrons. The smallest absolute Gasteiger partial charge is 0.343 e. The molecule has 0 spiro atoms. The number of hydrogen-bond donors (Lipinski definition) is 3. The highest BCUT2D eigenvalue weighted by atomic mass is 16.6. The zero-order valence-corrected chi connectivity index (χ0v) is 9.89. The largest absolute Gasteiger partial charge is 0.508 e. The Morgan fingerprint density at radius 2 is 2.17 bits per heavy atom. The van der Waals surface area contributed by atoms with E-state index in [4.69, 9.17) is 10.1 Å². The predicted molar refractivity (Wildman–Crippen MR) is 58.3 cm³/mol. The third-order valence-corrected chi connectivity index (χ3v) is 3.08. The fourth-order valence-corrected chi connectivity index (χ4v) is 2.19. The highest BCUT2D eigenvalue weighted by molar-refractivity contribution is 6.24. The quantitative estimate of drug-likeness (QED) is 0.461. The number of rotatable bonds is 3. The van der Waals surface area contributed by atoms with E-state index in [2.05, 4.69) is 4.74 Å². The molecular weight excluding hydrogens is 242 g/mol. The molecule has 0 unspecified atom stereocenters. The van der Waals surface area contributed by atoms with Gasteiger partial charge in [0, 0.05) is 6.42 Å². The molecule has 0 bridgehead atoms. The summed E-state index contributed by atoms with van der Waals surface area (Å²) in [5, 5.41) is 27.9. The number of epoxide rings is 1. The van der Waals surface area contributed by atoms with Crippen molar-refractivity contribution in [3.05, 3.63) is 11.3 Å². The van der Waals surface area contributed by atoms with Gasteiger partial charge in [0.15, 0.2) is 0 Å². The van der Waals surface area contributed by atoms with Crippen LogP contribution in [0.4, 0.5) is 0 Å². The normalized spacial score (nSPS) is 34.1. The number of aliphatic hydroxyl groups excluding tert-OH is 1. The van der Waals surface area contributed by atoms with Crippen LogP contribution in [0.5, 0.6) is 0 Å². The van der Waals surface area contributed by atoms with Crippen molar-refractivity contribution in [1.82, 2.24) is 0 Å². The molecule has 1 saturated heterocycles. The molecule has 98 valence electrons. The second-order valence-electron chi connectivity index (χ2n) is 4.41. The van der Waals surface area contributed by atoms with E-state index in [1.54, 1.807) is 0 Å². The van der Waals surface area contributed by atoms with E-state index in [-0.39, 0.29) is 12.2 Å². The first kappa shape index (κ1) is 12.7. The van der Waals surface area contributed by atoms with Crippen LogP contribution >= 0.6 is 0 Å². The third kappa shape index (κ3) is 1.63. The van der Waals surface area contributed by atoms with Gasteiger partial charge in [0.1, 0.15) is 34.9 Å². The maximum atomic E-state index is 11.5. The van der Waals surface area contributed by atoms with E-state index >= 15 is 0 Å². The van der Waals surface area contributed by atoms with Crippen molar-refractivity contribution >= 4 is 17.5 Å². The Morgan fingerprint density at radius 1 is 1.56 bits per heavy atom. The second-order valence-corrected chi connectivity index (χ2v) is 4.41. The number of fused-ring (bicyclic) bond motifs is 1. The zero-order valence-electron chi connectivity index (χ0n) is 9.89. The predicted octanol–water partition coefficient (Wildman–Crippen LogP) is -0.518. The zero-order chi connectivity index (χ0) is 13.7. The van der Waals surface area contributed by atoms with Gasteiger partial charge in [0.25, 0.3) is 0 Å². The molecule has 3 N–H and O–H groups in total. The van der Waals surface area contributed by atoms with Crippen LogP contribution in [0.25, 0.3) is 0 Å². The molecule has 0 amide bonds. The van der Waals surface area contributed by atoms with Crippen molar-refractivity contribution in [2.45, 2.75) is 31.2 Å². The van der Waals surface area contributed by atoms with Crippen molar-refractivity contribution in [1.29, 1.82) is 5.41 Å². The van der Waals surface area contributed by atoms with Crippen molar-refractivity contribution in [2.24, 2.45) is 0 Å². The van der Waals surface area contributed by atoms with Gasteiger partial charge in [-0.2, -0.15) is 0 Å². The number of esters is 1. The van der Waals surface area contributed by atoms with E-state index in [1.165, 1.54) is 6.92 Å². The Kier molecular flexibility index (Phi) is 2.75. The van der Waals surface area contributed by atoms with Gasteiger partial charge < -0.3 is 25.1 Å². The van der Waals surface area contributed by atoms with Crippen LogP contribution in [0.3, 0.4) is 0 Å². The van der Waals surface area contributed by atoms with E-state index in [0.29, 0.717) is 0 Å². The molecule has 1 aliphatic heterocycles. The van der Waals surface area contributed by atoms with Gasteiger partial charge >= 0.3 is 5.97 Å². The van der Waals surface area contributed by atoms with Crippen LogP contribution in [-0.4, -0.2) is 52.6 Å². The fourth-order valence-electron chi connectivity index (χ4n) is 2.19. The number of Topliss-reactive ketones (excluding diaryl/α,β-unsaturated/α-hetero) is 1. The topological polar surface area (TPSA) is 120 Å². The molecule has 3 atom stereocenters. The Labute approximate surface area is 103 Å². The highest BCUT2D eigenvalue weighted by Gasteiger charge is 2.64. The number of carbonyl (C=O) groups is 2. The molecule has 1 aliphatic carbocycles. The Bertz CT molecular complexity index is 482. The lowest BCUT2D eigenvalue weighted by atomic mass is 9.78. The first-order valence-corrected chi connectivity index (χ1v) is 5.31. The third-order valence-electron chi connectivity index (χ3n) is 3.08. The maximum absolute atomic E-state index is 11.5. The van der Waals surface area contributed by atoms with Gasteiger partial charge in [0.2, 0.25) is 0 Å². The summed E-state index contributed by atoms with van der Waals surface area (Å²) < 4.78 is 9.49. The molecule has 2 rings (SSSR count). The number of hydrogen-bond acceptors (Lipinski definition) is 7. The van der Waals surface area contributed by atoms with Crippen LogP contribution in [0.1, 0.15) is 13.3 Å². The summed E-state index contributed by atoms with van der Waals surface area (Å²) in [4.78, 5) is 22.6. The number of carbonyl (C=O) groups excluding carboxylic acids is 2. The molecule has 1 heterocycles. The SMILES string of the molecule is COC(=O)C1=C(O)[C@H]2O[C@H]2[C@@](O)(CC(C)=O)C1=N. The summed E-state index contributed by atoms with van der Waals surface area (Å²) in [6.07, 6.45) is -2.05. The highest BCUT2D eigenvalue weighted by Crippen LogP contribution is 2.45. The summed E-state index contributed by atoms with van der Waals surface area (Å²) in [5.74, 6) is -1.71. The number of methoxy groups -OCH3 is 1. The van der Waals surface area contributed by atoms with Gasteiger partial charge in [-0.1, -0.05) is 0 Å². The fraction of sp³-hybridized carbons (Fsp3) is 0.545. The van der Waals surface area contributed by atoms with Crippen LogP contribution in [0, 0.1) is 5.41 Å². The molecule has 0 aromatic heterocycles. The molecule has 0 aromatic rings. The minimum absolute atomic E-state index is 0.345. The summed E-state index contributed by atoms with van der Waals surface area (Å²) in [7, 11) is 1.10. The van der Waals surface area contributed by atoms with Crippen molar-refractivity contribution in [3.63, 3.8) is 0 Å². The van der Waals surface area contributed by atoms with Gasteiger partial charge in [-0.25, -0.2) is 4.79 Å². The number of ketones is 1. The Morgan fingerprint density at radius 3 is 2.67 bits per heavy atom. The van der Waals surface area contributed by atoms with E-state index in [1.807, 2.05) is 0 Å². The van der Waals surface area contributed by atoms with Crippen LogP contribution in [-0.2, 0) is 19.1 Å². The first-order chi connectivity index (χ1) is 8.32. The molecule has 0 saturated carbocycles. The maximum Gasteiger partial charge on any atom is 0.343 e. The molecule has 7 nitrogen and oxygen atoms in total. The average molecular weight is 255 g/mol. The number of aliphatic hydroxyl groups is 2. The van der Waals surface area contributed by atoms with Gasteiger partial charge in [0.05, 0.1) is 12.8 Å². The average Bonchev–Trinajstić information content (AvgIpc) is 3.06. The second kappa shape index (κ2) is 3.89.